The van der Waals surface area contributed by atoms with Crippen molar-refractivity contribution in [1.82, 2.24) is 0 Å². The van der Waals surface area contributed by atoms with Gasteiger partial charge >= 0.3 is 5.97 Å². The standard InChI is InChI=1S/C21H23NO5S/c1-21(2,3)19(23)14-27-20(24)16-8-6-9-17(13-16)28(25,26)22-12-11-15-7-4-5-10-18(15)22/h4-10,13H,11-12,14H2,1-3H3. The summed E-state index contributed by atoms with van der Waals surface area (Å²) in [6.07, 6.45) is 0.645. The number of sulfonamides is 1. The molecule has 1 heterocycles. The van der Waals surface area contributed by atoms with Crippen LogP contribution >= 0.6 is 0 Å². The van der Waals surface area contributed by atoms with E-state index in [-0.39, 0.29) is 22.8 Å². The summed E-state index contributed by atoms with van der Waals surface area (Å²) in [7, 11) is -3.80. The van der Waals surface area contributed by atoms with E-state index in [0.717, 1.165) is 5.56 Å². The molecule has 7 heteroatoms. The molecular formula is C21H23NO5S. The van der Waals surface area contributed by atoms with Crippen molar-refractivity contribution in [3.63, 3.8) is 0 Å². The summed E-state index contributed by atoms with van der Waals surface area (Å²) in [5.74, 6) is -0.935. The largest absolute Gasteiger partial charge is 0.454 e. The summed E-state index contributed by atoms with van der Waals surface area (Å²) in [4.78, 5) is 24.2. The summed E-state index contributed by atoms with van der Waals surface area (Å²) in [5.41, 5.74) is 1.11. The predicted octanol–water partition coefficient (Wildman–Crippen LogP) is 3.21. The number of Topliss-reactive ketones (excluding diaryl/α,β-unsaturated/α-hetero) is 1. The van der Waals surface area contributed by atoms with Gasteiger partial charge in [0, 0.05) is 12.0 Å². The zero-order chi connectivity index (χ0) is 20.5. The van der Waals surface area contributed by atoms with Crippen LogP contribution in [0.1, 0.15) is 36.7 Å². The van der Waals surface area contributed by atoms with Crippen LogP contribution in [0.15, 0.2) is 53.4 Å². The molecular weight excluding hydrogens is 378 g/mol. The molecule has 0 bridgehead atoms. The van der Waals surface area contributed by atoms with Gasteiger partial charge in [-0.05, 0) is 36.2 Å². The van der Waals surface area contributed by atoms with Crippen molar-refractivity contribution >= 4 is 27.5 Å². The van der Waals surface area contributed by atoms with Gasteiger partial charge in [0.25, 0.3) is 10.0 Å². The van der Waals surface area contributed by atoms with Crippen molar-refractivity contribution in [1.29, 1.82) is 0 Å². The van der Waals surface area contributed by atoms with Crippen molar-refractivity contribution in [2.75, 3.05) is 17.5 Å². The number of rotatable bonds is 5. The SMILES string of the molecule is CC(C)(C)C(=O)COC(=O)c1cccc(S(=O)(=O)N2CCc3ccccc32)c1. The lowest BCUT2D eigenvalue weighted by Gasteiger charge is -2.20. The zero-order valence-corrected chi connectivity index (χ0v) is 17.0. The molecule has 0 spiro atoms. The van der Waals surface area contributed by atoms with E-state index in [9.17, 15) is 18.0 Å². The van der Waals surface area contributed by atoms with Crippen molar-refractivity contribution in [3.8, 4) is 0 Å². The maximum Gasteiger partial charge on any atom is 0.338 e. The lowest BCUT2D eigenvalue weighted by Crippen LogP contribution is -2.29. The maximum absolute atomic E-state index is 13.1. The lowest BCUT2D eigenvalue weighted by atomic mass is 9.91. The van der Waals surface area contributed by atoms with Crippen molar-refractivity contribution < 1.29 is 22.7 Å². The summed E-state index contributed by atoms with van der Waals surface area (Å²) in [5, 5.41) is 0. The van der Waals surface area contributed by atoms with E-state index in [4.69, 9.17) is 4.74 Å². The number of anilines is 1. The Morgan fingerprint density at radius 2 is 1.79 bits per heavy atom. The number of carbonyl (C=O) groups excluding carboxylic acids is 2. The Morgan fingerprint density at radius 1 is 1.07 bits per heavy atom. The topological polar surface area (TPSA) is 80.8 Å². The molecule has 0 aliphatic carbocycles. The van der Waals surface area contributed by atoms with E-state index in [1.54, 1.807) is 32.9 Å². The molecule has 0 atom stereocenters. The lowest BCUT2D eigenvalue weighted by molar-refractivity contribution is -0.129. The Hall–Kier alpha value is -2.67. The van der Waals surface area contributed by atoms with E-state index >= 15 is 0 Å². The van der Waals surface area contributed by atoms with Crippen LogP contribution in [-0.2, 0) is 26.0 Å². The molecule has 1 aliphatic heterocycles. The highest BCUT2D eigenvalue weighted by Gasteiger charge is 2.31. The Bertz CT molecular complexity index is 1020. The predicted molar refractivity (Wildman–Crippen MR) is 106 cm³/mol. The Labute approximate surface area is 165 Å². The van der Waals surface area contributed by atoms with Crippen LogP contribution in [-0.4, -0.2) is 33.3 Å². The van der Waals surface area contributed by atoms with E-state index in [1.807, 2.05) is 12.1 Å². The molecule has 6 nitrogen and oxygen atoms in total. The van der Waals surface area contributed by atoms with Crippen LogP contribution in [0.25, 0.3) is 0 Å². The van der Waals surface area contributed by atoms with Gasteiger partial charge in [-0.15, -0.1) is 0 Å². The monoisotopic (exact) mass is 401 g/mol. The molecule has 0 aromatic heterocycles. The van der Waals surface area contributed by atoms with Crippen molar-refractivity contribution in [3.05, 3.63) is 59.7 Å². The van der Waals surface area contributed by atoms with Gasteiger partial charge in [-0.3, -0.25) is 9.10 Å². The number of hydrogen-bond donors (Lipinski definition) is 0. The molecule has 1 aliphatic rings. The fourth-order valence-corrected chi connectivity index (χ4v) is 4.45. The molecule has 0 radical (unpaired) electrons. The first-order chi connectivity index (χ1) is 13.1. The van der Waals surface area contributed by atoms with E-state index in [2.05, 4.69) is 0 Å². The molecule has 2 aromatic rings. The second-order valence-electron chi connectivity index (χ2n) is 7.73. The van der Waals surface area contributed by atoms with Crippen molar-refractivity contribution in [2.24, 2.45) is 5.41 Å². The maximum atomic E-state index is 13.1. The van der Waals surface area contributed by atoms with Crippen molar-refractivity contribution in [2.45, 2.75) is 32.1 Å². The van der Waals surface area contributed by atoms with Gasteiger partial charge in [-0.2, -0.15) is 0 Å². The smallest absolute Gasteiger partial charge is 0.338 e. The number of nitrogens with zero attached hydrogens (tertiary/aromatic N) is 1. The van der Waals surface area contributed by atoms with Gasteiger partial charge in [-0.25, -0.2) is 13.2 Å². The number of esters is 1. The van der Waals surface area contributed by atoms with Crippen LogP contribution in [0.3, 0.4) is 0 Å². The minimum absolute atomic E-state index is 0.0146. The Morgan fingerprint density at radius 3 is 2.50 bits per heavy atom. The van der Waals surface area contributed by atoms with Crippen LogP contribution < -0.4 is 4.31 Å². The van der Waals surface area contributed by atoms with Crippen LogP contribution in [0.4, 0.5) is 5.69 Å². The number of hydrogen-bond acceptors (Lipinski definition) is 5. The molecule has 3 rings (SSSR count). The van der Waals surface area contributed by atoms with Crippen LogP contribution in [0.2, 0.25) is 0 Å². The van der Waals surface area contributed by atoms with Crippen LogP contribution in [0, 0.1) is 5.41 Å². The summed E-state index contributed by atoms with van der Waals surface area (Å²) >= 11 is 0. The molecule has 0 fully saturated rings. The van der Waals surface area contributed by atoms with Gasteiger partial charge in [0.1, 0.15) is 0 Å². The normalized spacial score (nSPS) is 13.9. The molecule has 0 unspecified atom stereocenters. The molecule has 148 valence electrons. The third-order valence-electron chi connectivity index (χ3n) is 4.67. The first-order valence-corrected chi connectivity index (χ1v) is 10.5. The molecule has 0 amide bonds. The average molecular weight is 401 g/mol. The number of carbonyl (C=O) groups is 2. The average Bonchev–Trinajstić information content (AvgIpc) is 3.10. The number of para-hydroxylation sites is 1. The molecule has 0 saturated carbocycles. The zero-order valence-electron chi connectivity index (χ0n) is 16.1. The highest BCUT2D eigenvalue weighted by atomic mass is 32.2. The minimum Gasteiger partial charge on any atom is -0.454 e. The number of ether oxygens (including phenoxy) is 1. The van der Waals surface area contributed by atoms with Gasteiger partial charge in [0.2, 0.25) is 0 Å². The number of benzene rings is 2. The summed E-state index contributed by atoms with van der Waals surface area (Å²) in [6.45, 7) is 5.23. The third-order valence-corrected chi connectivity index (χ3v) is 6.48. The minimum atomic E-state index is -3.80. The third kappa shape index (κ3) is 3.94. The number of ketones is 1. The fourth-order valence-electron chi connectivity index (χ4n) is 2.90. The van der Waals surface area contributed by atoms with Gasteiger partial charge in [0.15, 0.2) is 12.4 Å². The van der Waals surface area contributed by atoms with E-state index < -0.39 is 21.4 Å². The quantitative estimate of drug-likeness (QED) is 0.719. The number of fused-ring (bicyclic) bond motifs is 1. The Kier molecular flexibility index (Phi) is 5.30. The van der Waals surface area contributed by atoms with Crippen LogP contribution in [0.5, 0.6) is 0 Å². The van der Waals surface area contributed by atoms with Gasteiger partial charge in [-0.1, -0.05) is 45.0 Å². The van der Waals surface area contributed by atoms with E-state index in [1.165, 1.54) is 28.6 Å². The Balaban J connectivity index is 1.81. The van der Waals surface area contributed by atoms with Gasteiger partial charge in [0.05, 0.1) is 16.1 Å². The second-order valence-corrected chi connectivity index (χ2v) is 9.60. The first-order valence-electron chi connectivity index (χ1n) is 9.02. The molecule has 2 aromatic carbocycles. The molecule has 0 saturated heterocycles. The summed E-state index contributed by atoms with van der Waals surface area (Å²) < 4.78 is 32.6. The highest BCUT2D eigenvalue weighted by molar-refractivity contribution is 7.92. The highest BCUT2D eigenvalue weighted by Crippen LogP contribution is 2.32. The summed E-state index contributed by atoms with van der Waals surface area (Å²) in [6, 6.07) is 13.1. The van der Waals surface area contributed by atoms with E-state index in [0.29, 0.717) is 18.7 Å². The first kappa shape index (κ1) is 20.1. The molecule has 28 heavy (non-hydrogen) atoms. The second kappa shape index (κ2) is 7.39. The molecule has 0 N–H and O–H groups in total. The van der Waals surface area contributed by atoms with Gasteiger partial charge < -0.3 is 4.74 Å². The fraction of sp³-hybridized carbons (Fsp3) is 0.333.